The van der Waals surface area contributed by atoms with Crippen LogP contribution in [0.5, 0.6) is 0 Å². The average Bonchev–Trinajstić information content (AvgIpc) is 2.87. The third kappa shape index (κ3) is 2.26. The number of hydrogen-bond donors (Lipinski definition) is 1. The maximum Gasteiger partial charge on any atom is 0.259 e. The first kappa shape index (κ1) is 14.3. The first-order valence-electron chi connectivity index (χ1n) is 6.58. The van der Waals surface area contributed by atoms with E-state index in [0.29, 0.717) is 11.5 Å². The van der Waals surface area contributed by atoms with Gasteiger partial charge >= 0.3 is 0 Å². The third-order valence-corrected chi connectivity index (χ3v) is 6.79. The lowest BCUT2D eigenvalue weighted by Gasteiger charge is -2.41. The highest BCUT2D eigenvalue weighted by molar-refractivity contribution is 7.89. The molecule has 1 N–H and O–H groups in total. The number of imidazole rings is 1. The molecule has 0 bridgehead atoms. The minimum atomic E-state index is -3.64. The molecule has 3 rings (SSSR count). The topological polar surface area (TPSA) is 63.5 Å². The van der Waals surface area contributed by atoms with E-state index in [1.807, 2.05) is 0 Å². The van der Waals surface area contributed by atoms with Gasteiger partial charge in [0.1, 0.15) is 0 Å². The van der Waals surface area contributed by atoms with Crippen molar-refractivity contribution in [2.24, 2.45) is 5.41 Å². The standard InChI is InChI=1S/C12H16ClN3O2S2/c1-2-12(4-3-5-12)8-14-20(17,18)10-9(13)15-11-16(10)6-7-19-11/h6-7,14H,2-5,8H2,1H3. The SMILES string of the molecule is CCC1(CNS(=O)(=O)c2c(Cl)nc3sccn23)CCC1. The summed E-state index contributed by atoms with van der Waals surface area (Å²) in [6.07, 6.45) is 6.01. The zero-order valence-corrected chi connectivity index (χ0v) is 13.5. The van der Waals surface area contributed by atoms with Crippen molar-refractivity contribution in [3.8, 4) is 0 Å². The Morgan fingerprint density at radius 2 is 2.30 bits per heavy atom. The molecule has 0 radical (unpaired) electrons. The lowest BCUT2D eigenvalue weighted by atomic mass is 9.67. The highest BCUT2D eigenvalue weighted by atomic mass is 35.5. The summed E-state index contributed by atoms with van der Waals surface area (Å²) in [6, 6.07) is 0. The molecule has 2 heterocycles. The smallest absolute Gasteiger partial charge is 0.259 e. The second-order valence-corrected chi connectivity index (χ2v) is 8.21. The van der Waals surface area contributed by atoms with E-state index in [9.17, 15) is 8.42 Å². The molecule has 1 aliphatic carbocycles. The highest BCUT2D eigenvalue weighted by Crippen LogP contribution is 2.43. The van der Waals surface area contributed by atoms with E-state index in [0.717, 1.165) is 19.3 Å². The van der Waals surface area contributed by atoms with E-state index in [1.54, 1.807) is 11.6 Å². The van der Waals surface area contributed by atoms with Crippen LogP contribution in [0.4, 0.5) is 0 Å². The van der Waals surface area contributed by atoms with Gasteiger partial charge in [-0.3, -0.25) is 4.40 Å². The van der Waals surface area contributed by atoms with Gasteiger partial charge in [0, 0.05) is 18.1 Å². The van der Waals surface area contributed by atoms with Crippen LogP contribution < -0.4 is 4.72 Å². The molecule has 1 fully saturated rings. The molecule has 0 saturated heterocycles. The van der Waals surface area contributed by atoms with E-state index in [1.165, 1.54) is 22.2 Å². The quantitative estimate of drug-likeness (QED) is 0.915. The van der Waals surface area contributed by atoms with Gasteiger partial charge in [0.15, 0.2) is 15.1 Å². The second-order valence-electron chi connectivity index (χ2n) is 5.30. The number of rotatable bonds is 5. The number of fused-ring (bicyclic) bond motifs is 1. The van der Waals surface area contributed by atoms with Crippen LogP contribution in [0.1, 0.15) is 32.6 Å². The van der Waals surface area contributed by atoms with Crippen LogP contribution >= 0.6 is 22.9 Å². The summed E-state index contributed by atoms with van der Waals surface area (Å²) in [5.74, 6) is 0. The Kier molecular flexibility index (Phi) is 3.56. The fraction of sp³-hybridized carbons (Fsp3) is 0.583. The first-order chi connectivity index (χ1) is 9.47. The fourth-order valence-electron chi connectivity index (χ4n) is 2.63. The van der Waals surface area contributed by atoms with E-state index < -0.39 is 10.0 Å². The fourth-order valence-corrected chi connectivity index (χ4v) is 5.23. The van der Waals surface area contributed by atoms with Crippen molar-refractivity contribution >= 4 is 37.9 Å². The van der Waals surface area contributed by atoms with Crippen molar-refractivity contribution in [2.75, 3.05) is 6.54 Å². The molecule has 1 aliphatic rings. The number of halogens is 1. The summed E-state index contributed by atoms with van der Waals surface area (Å²) in [5.41, 5.74) is 0.123. The minimum Gasteiger partial charge on any atom is -0.279 e. The average molecular weight is 334 g/mol. The Hall–Kier alpha value is -0.630. The molecular formula is C12H16ClN3O2S2. The van der Waals surface area contributed by atoms with E-state index in [-0.39, 0.29) is 15.6 Å². The molecule has 8 heteroatoms. The van der Waals surface area contributed by atoms with Crippen molar-refractivity contribution < 1.29 is 8.42 Å². The first-order valence-corrected chi connectivity index (χ1v) is 9.32. The molecule has 1 saturated carbocycles. The molecule has 0 atom stereocenters. The van der Waals surface area contributed by atoms with Crippen LogP contribution in [0.15, 0.2) is 16.6 Å². The van der Waals surface area contributed by atoms with Crippen LogP contribution in [-0.2, 0) is 10.0 Å². The van der Waals surface area contributed by atoms with Crippen molar-refractivity contribution in [1.82, 2.24) is 14.1 Å². The number of nitrogens with zero attached hydrogens (tertiary/aromatic N) is 2. The summed E-state index contributed by atoms with van der Waals surface area (Å²) in [4.78, 5) is 4.65. The lowest BCUT2D eigenvalue weighted by molar-refractivity contribution is 0.133. The molecule has 0 aromatic carbocycles. The normalized spacial score (nSPS) is 18.3. The summed E-state index contributed by atoms with van der Waals surface area (Å²) in [5, 5.41) is 1.86. The van der Waals surface area contributed by atoms with Crippen molar-refractivity contribution in [1.29, 1.82) is 0 Å². The number of hydrogen-bond acceptors (Lipinski definition) is 4. The van der Waals surface area contributed by atoms with Crippen LogP contribution in [0.3, 0.4) is 0 Å². The Balaban J connectivity index is 1.88. The maximum absolute atomic E-state index is 12.5. The van der Waals surface area contributed by atoms with Gasteiger partial charge in [-0.05, 0) is 24.7 Å². The van der Waals surface area contributed by atoms with Crippen LogP contribution in [0.2, 0.25) is 5.15 Å². The summed E-state index contributed by atoms with van der Waals surface area (Å²) in [7, 11) is -3.64. The highest BCUT2D eigenvalue weighted by Gasteiger charge is 2.37. The summed E-state index contributed by atoms with van der Waals surface area (Å²) >= 11 is 7.34. The maximum atomic E-state index is 12.5. The second kappa shape index (κ2) is 4.98. The van der Waals surface area contributed by atoms with Gasteiger partial charge in [-0.1, -0.05) is 24.9 Å². The van der Waals surface area contributed by atoms with Gasteiger partial charge in [0.05, 0.1) is 0 Å². The molecule has 0 unspecified atom stereocenters. The molecule has 0 spiro atoms. The Morgan fingerprint density at radius 1 is 1.55 bits per heavy atom. The molecular weight excluding hydrogens is 318 g/mol. The molecule has 20 heavy (non-hydrogen) atoms. The monoisotopic (exact) mass is 333 g/mol. The Labute approximate surface area is 127 Å². The van der Waals surface area contributed by atoms with Crippen LogP contribution in [0, 0.1) is 5.41 Å². The van der Waals surface area contributed by atoms with Gasteiger partial charge in [-0.25, -0.2) is 18.1 Å². The van der Waals surface area contributed by atoms with Crippen molar-refractivity contribution in [3.63, 3.8) is 0 Å². The van der Waals surface area contributed by atoms with E-state index in [2.05, 4.69) is 16.6 Å². The lowest BCUT2D eigenvalue weighted by Crippen LogP contribution is -2.41. The van der Waals surface area contributed by atoms with E-state index in [4.69, 9.17) is 11.6 Å². The van der Waals surface area contributed by atoms with E-state index >= 15 is 0 Å². The zero-order chi connectivity index (χ0) is 14.4. The number of sulfonamides is 1. The molecule has 0 aliphatic heterocycles. The summed E-state index contributed by atoms with van der Waals surface area (Å²) < 4.78 is 29.2. The Bertz CT molecular complexity index is 726. The predicted octanol–water partition coefficient (Wildman–Crippen LogP) is 2.91. The van der Waals surface area contributed by atoms with Crippen LogP contribution in [-0.4, -0.2) is 24.3 Å². The predicted molar refractivity (Wildman–Crippen MR) is 79.8 cm³/mol. The Morgan fingerprint density at radius 3 is 2.90 bits per heavy atom. The minimum absolute atomic E-state index is 0.0310. The van der Waals surface area contributed by atoms with Crippen molar-refractivity contribution in [3.05, 3.63) is 16.7 Å². The molecule has 0 amide bonds. The van der Waals surface area contributed by atoms with Gasteiger partial charge in [-0.2, -0.15) is 0 Å². The van der Waals surface area contributed by atoms with Gasteiger partial charge in [0.2, 0.25) is 0 Å². The van der Waals surface area contributed by atoms with Crippen molar-refractivity contribution in [2.45, 2.75) is 37.6 Å². The largest absolute Gasteiger partial charge is 0.279 e. The van der Waals surface area contributed by atoms with Gasteiger partial charge < -0.3 is 0 Å². The molecule has 5 nitrogen and oxygen atoms in total. The summed E-state index contributed by atoms with van der Waals surface area (Å²) in [6.45, 7) is 2.58. The zero-order valence-electron chi connectivity index (χ0n) is 11.1. The van der Waals surface area contributed by atoms with Gasteiger partial charge in [-0.15, -0.1) is 11.3 Å². The number of nitrogens with one attached hydrogen (secondary N) is 1. The van der Waals surface area contributed by atoms with Crippen LogP contribution in [0.25, 0.3) is 4.96 Å². The molecule has 2 aromatic rings. The molecule has 110 valence electrons. The number of thiazole rings is 1. The van der Waals surface area contributed by atoms with Gasteiger partial charge in [0.25, 0.3) is 10.0 Å². The molecule has 2 aromatic heterocycles. The third-order valence-electron chi connectivity index (χ3n) is 4.23. The number of aromatic nitrogens is 2.